The van der Waals surface area contributed by atoms with E-state index >= 15 is 0 Å². The molecular formula is C23H28N2O3. The van der Waals surface area contributed by atoms with Gasteiger partial charge in [0.05, 0.1) is 7.11 Å². The molecule has 0 bridgehead atoms. The minimum atomic E-state index is -0.0436. The van der Waals surface area contributed by atoms with Crippen molar-refractivity contribution >= 4 is 23.2 Å². The zero-order valence-electron chi connectivity index (χ0n) is 16.6. The van der Waals surface area contributed by atoms with Crippen LogP contribution in [0, 0.1) is 11.8 Å². The van der Waals surface area contributed by atoms with Crippen molar-refractivity contribution in [3.8, 4) is 5.75 Å². The molecule has 5 heteroatoms. The Morgan fingerprint density at radius 2 is 1.57 bits per heavy atom. The monoisotopic (exact) mass is 380 g/mol. The van der Waals surface area contributed by atoms with E-state index in [2.05, 4.69) is 5.32 Å². The third-order valence-electron chi connectivity index (χ3n) is 5.45. The minimum absolute atomic E-state index is 0.00908. The number of nitrogens with zero attached hydrogens (tertiary/aromatic N) is 1. The molecule has 1 fully saturated rings. The highest BCUT2D eigenvalue weighted by Gasteiger charge is 2.32. The van der Waals surface area contributed by atoms with Gasteiger partial charge in [-0.25, -0.2) is 0 Å². The van der Waals surface area contributed by atoms with Crippen LogP contribution in [0.2, 0.25) is 0 Å². The molecule has 5 nitrogen and oxygen atoms in total. The highest BCUT2D eigenvalue weighted by atomic mass is 16.5. The van der Waals surface area contributed by atoms with Crippen molar-refractivity contribution in [3.05, 3.63) is 54.6 Å². The van der Waals surface area contributed by atoms with Gasteiger partial charge in [0.2, 0.25) is 11.8 Å². The molecule has 2 aromatic rings. The van der Waals surface area contributed by atoms with Gasteiger partial charge in [-0.3, -0.25) is 9.59 Å². The van der Waals surface area contributed by atoms with Gasteiger partial charge >= 0.3 is 0 Å². The molecule has 28 heavy (non-hydrogen) atoms. The van der Waals surface area contributed by atoms with Gasteiger partial charge < -0.3 is 15.0 Å². The lowest BCUT2D eigenvalue weighted by Crippen LogP contribution is -2.39. The van der Waals surface area contributed by atoms with Crippen molar-refractivity contribution < 1.29 is 14.3 Å². The second-order valence-electron chi connectivity index (χ2n) is 7.18. The number of methoxy groups -OCH3 is 1. The number of carbonyl (C=O) groups is 2. The van der Waals surface area contributed by atoms with Gasteiger partial charge in [0.15, 0.2) is 0 Å². The summed E-state index contributed by atoms with van der Waals surface area (Å²) in [5.41, 5.74) is 1.71. The Bertz CT molecular complexity index is 781. The van der Waals surface area contributed by atoms with Crippen LogP contribution < -0.4 is 15.0 Å². The first kappa shape index (κ1) is 19.9. The fraction of sp³-hybridized carbons (Fsp3) is 0.391. The van der Waals surface area contributed by atoms with Gasteiger partial charge in [-0.1, -0.05) is 18.2 Å². The Kier molecular flexibility index (Phi) is 6.69. The largest absolute Gasteiger partial charge is 0.497 e. The smallest absolute Gasteiger partial charge is 0.230 e. The van der Waals surface area contributed by atoms with Crippen LogP contribution in [0.25, 0.3) is 0 Å². The van der Waals surface area contributed by atoms with E-state index in [0.29, 0.717) is 6.54 Å². The summed E-state index contributed by atoms with van der Waals surface area (Å²) < 4.78 is 5.14. The number of anilines is 2. The SMILES string of the molecule is CCN(C(=O)C1CCC(C(=O)Nc2ccc(OC)cc2)CC1)c1ccccc1. The lowest BCUT2D eigenvalue weighted by molar-refractivity contribution is -0.126. The quantitative estimate of drug-likeness (QED) is 0.803. The number of hydrogen-bond donors (Lipinski definition) is 1. The van der Waals surface area contributed by atoms with Gasteiger partial charge in [0, 0.05) is 29.8 Å². The standard InChI is InChI=1S/C23H28N2O3/c1-3-25(20-7-5-4-6-8-20)23(27)18-11-9-17(10-12-18)22(26)24-19-13-15-21(28-2)16-14-19/h4-8,13-18H,3,9-12H2,1-2H3,(H,24,26). The second kappa shape index (κ2) is 9.40. The van der Waals surface area contributed by atoms with E-state index in [-0.39, 0.29) is 23.7 Å². The van der Waals surface area contributed by atoms with Crippen molar-refractivity contribution in [2.75, 3.05) is 23.9 Å². The van der Waals surface area contributed by atoms with Crippen molar-refractivity contribution in [1.29, 1.82) is 0 Å². The maximum absolute atomic E-state index is 13.0. The molecule has 3 rings (SSSR count). The zero-order chi connectivity index (χ0) is 19.9. The van der Waals surface area contributed by atoms with Crippen LogP contribution >= 0.6 is 0 Å². The second-order valence-corrected chi connectivity index (χ2v) is 7.18. The maximum atomic E-state index is 13.0. The highest BCUT2D eigenvalue weighted by molar-refractivity contribution is 5.96. The number of para-hydroxylation sites is 1. The van der Waals surface area contributed by atoms with E-state index < -0.39 is 0 Å². The molecule has 0 radical (unpaired) electrons. The molecule has 0 aliphatic heterocycles. The molecule has 148 valence electrons. The molecule has 1 aliphatic rings. The molecule has 0 atom stereocenters. The summed E-state index contributed by atoms with van der Waals surface area (Å²) in [6.45, 7) is 2.65. The number of rotatable bonds is 6. The van der Waals surface area contributed by atoms with Crippen molar-refractivity contribution in [2.45, 2.75) is 32.6 Å². The van der Waals surface area contributed by atoms with E-state index in [1.807, 2.05) is 66.4 Å². The summed E-state index contributed by atoms with van der Waals surface area (Å²) in [5, 5.41) is 2.98. The van der Waals surface area contributed by atoms with Gasteiger partial charge in [-0.15, -0.1) is 0 Å². The lowest BCUT2D eigenvalue weighted by atomic mass is 9.80. The van der Waals surface area contributed by atoms with E-state index in [9.17, 15) is 9.59 Å². The third-order valence-corrected chi connectivity index (χ3v) is 5.45. The Morgan fingerprint density at radius 3 is 2.14 bits per heavy atom. The van der Waals surface area contributed by atoms with Crippen LogP contribution in [0.4, 0.5) is 11.4 Å². The van der Waals surface area contributed by atoms with Gasteiger partial charge in [-0.05, 0) is 69.0 Å². The lowest BCUT2D eigenvalue weighted by Gasteiger charge is -2.31. The molecule has 1 saturated carbocycles. The van der Waals surface area contributed by atoms with E-state index in [0.717, 1.165) is 42.8 Å². The third kappa shape index (κ3) is 4.71. The number of benzene rings is 2. The summed E-state index contributed by atoms with van der Waals surface area (Å²) in [6, 6.07) is 17.1. The normalized spacial score (nSPS) is 18.9. The fourth-order valence-corrected chi connectivity index (χ4v) is 3.82. The Hall–Kier alpha value is -2.82. The molecule has 0 saturated heterocycles. The van der Waals surface area contributed by atoms with Crippen LogP contribution in [-0.2, 0) is 9.59 Å². The first-order chi connectivity index (χ1) is 13.6. The average molecular weight is 380 g/mol. The Morgan fingerprint density at radius 1 is 0.964 bits per heavy atom. The summed E-state index contributed by atoms with van der Waals surface area (Å²) in [6.07, 6.45) is 2.99. The van der Waals surface area contributed by atoms with Crippen molar-refractivity contribution in [3.63, 3.8) is 0 Å². The van der Waals surface area contributed by atoms with Crippen LogP contribution in [0.5, 0.6) is 5.75 Å². The first-order valence-electron chi connectivity index (χ1n) is 9.93. The summed E-state index contributed by atoms with van der Waals surface area (Å²) >= 11 is 0. The number of nitrogens with one attached hydrogen (secondary N) is 1. The van der Waals surface area contributed by atoms with Gasteiger partial charge in [0.25, 0.3) is 0 Å². The molecule has 1 N–H and O–H groups in total. The van der Waals surface area contributed by atoms with Crippen LogP contribution in [-0.4, -0.2) is 25.5 Å². The molecular weight excluding hydrogens is 352 g/mol. The van der Waals surface area contributed by atoms with Crippen LogP contribution in [0.3, 0.4) is 0 Å². The first-order valence-corrected chi connectivity index (χ1v) is 9.93. The predicted octanol–water partition coefficient (Wildman–Crippen LogP) is 4.49. The predicted molar refractivity (Wildman–Crippen MR) is 112 cm³/mol. The molecule has 0 aromatic heterocycles. The number of carbonyl (C=O) groups excluding carboxylic acids is 2. The van der Waals surface area contributed by atoms with E-state index in [1.165, 1.54) is 0 Å². The Labute approximate surface area is 166 Å². The summed E-state index contributed by atoms with van der Waals surface area (Å²) in [5.74, 6) is 0.910. The van der Waals surface area contributed by atoms with E-state index in [4.69, 9.17) is 4.74 Å². The zero-order valence-corrected chi connectivity index (χ0v) is 16.6. The summed E-state index contributed by atoms with van der Waals surface area (Å²) in [7, 11) is 1.62. The molecule has 2 aromatic carbocycles. The fourth-order valence-electron chi connectivity index (χ4n) is 3.82. The number of amides is 2. The molecule has 1 aliphatic carbocycles. The van der Waals surface area contributed by atoms with Crippen molar-refractivity contribution in [1.82, 2.24) is 0 Å². The maximum Gasteiger partial charge on any atom is 0.230 e. The molecule has 0 unspecified atom stereocenters. The molecule has 0 spiro atoms. The highest BCUT2D eigenvalue weighted by Crippen LogP contribution is 2.32. The number of ether oxygens (including phenoxy) is 1. The number of hydrogen-bond acceptors (Lipinski definition) is 3. The van der Waals surface area contributed by atoms with E-state index in [1.54, 1.807) is 7.11 Å². The molecule has 0 heterocycles. The Balaban J connectivity index is 1.54. The van der Waals surface area contributed by atoms with Crippen LogP contribution in [0.1, 0.15) is 32.6 Å². The van der Waals surface area contributed by atoms with Crippen molar-refractivity contribution in [2.24, 2.45) is 11.8 Å². The van der Waals surface area contributed by atoms with Crippen LogP contribution in [0.15, 0.2) is 54.6 Å². The average Bonchev–Trinajstić information content (AvgIpc) is 2.75. The summed E-state index contributed by atoms with van der Waals surface area (Å²) in [4.78, 5) is 27.4. The molecule has 2 amide bonds. The van der Waals surface area contributed by atoms with Gasteiger partial charge in [0.1, 0.15) is 5.75 Å². The van der Waals surface area contributed by atoms with Gasteiger partial charge in [-0.2, -0.15) is 0 Å². The minimum Gasteiger partial charge on any atom is -0.497 e. The topological polar surface area (TPSA) is 58.6 Å².